The number of nitrogens with one attached hydrogen (secondary N) is 1. The van der Waals surface area contributed by atoms with Crippen molar-refractivity contribution in [3.63, 3.8) is 0 Å². The van der Waals surface area contributed by atoms with Crippen LogP contribution in [-0.2, 0) is 0 Å². The minimum atomic E-state index is 1.11. The summed E-state index contributed by atoms with van der Waals surface area (Å²) in [5.41, 5.74) is 0. The summed E-state index contributed by atoms with van der Waals surface area (Å²) in [6.07, 6.45) is 5.28. The van der Waals surface area contributed by atoms with Crippen molar-refractivity contribution in [1.82, 2.24) is 5.32 Å². The van der Waals surface area contributed by atoms with Crippen molar-refractivity contribution in [2.75, 3.05) is 13.1 Å². The van der Waals surface area contributed by atoms with Gasteiger partial charge in [0.05, 0.1) is 0 Å². The highest BCUT2D eigenvalue weighted by Gasteiger charge is 1.81. The van der Waals surface area contributed by atoms with Crippen molar-refractivity contribution in [2.45, 2.75) is 67.2 Å². The van der Waals surface area contributed by atoms with Crippen molar-refractivity contribution >= 4 is 0 Å². The molecule has 0 amide bonds. The van der Waals surface area contributed by atoms with Crippen molar-refractivity contribution in [2.24, 2.45) is 0 Å². The van der Waals surface area contributed by atoms with Gasteiger partial charge in [0.1, 0.15) is 0 Å². The van der Waals surface area contributed by atoms with E-state index in [0.29, 0.717) is 0 Å². The number of rotatable bonds is 5. The summed E-state index contributed by atoms with van der Waals surface area (Å²) in [5, 5.41) is 3.28. The van der Waals surface area contributed by atoms with Crippen LogP contribution >= 0.6 is 0 Å². The summed E-state index contributed by atoms with van der Waals surface area (Å²) in [6, 6.07) is 0. The molecule has 84 valence electrons. The van der Waals surface area contributed by atoms with Gasteiger partial charge in [-0.25, -0.2) is 0 Å². The molecular formula is C12H31N. The molecule has 0 aromatic carbocycles. The summed E-state index contributed by atoms with van der Waals surface area (Å²) in [4.78, 5) is 0. The van der Waals surface area contributed by atoms with E-state index in [0.717, 1.165) is 6.54 Å². The van der Waals surface area contributed by atoms with Crippen LogP contribution in [0, 0.1) is 0 Å². The molecule has 0 fully saturated rings. The van der Waals surface area contributed by atoms with Crippen molar-refractivity contribution < 1.29 is 0 Å². The van der Waals surface area contributed by atoms with E-state index < -0.39 is 0 Å². The van der Waals surface area contributed by atoms with Gasteiger partial charge in [-0.1, -0.05) is 60.8 Å². The van der Waals surface area contributed by atoms with Gasteiger partial charge < -0.3 is 5.32 Å². The molecule has 0 unspecified atom stereocenters. The molecule has 0 aromatic heterocycles. The second kappa shape index (κ2) is 29.7. The minimum Gasteiger partial charge on any atom is -0.317 e. The molecule has 1 nitrogen and oxygen atoms in total. The zero-order valence-electron chi connectivity index (χ0n) is 10.7. The third-order valence-electron chi connectivity index (χ3n) is 1.21. The van der Waals surface area contributed by atoms with Crippen molar-refractivity contribution in [3.05, 3.63) is 0 Å². The van der Waals surface area contributed by atoms with Crippen LogP contribution in [0.25, 0.3) is 0 Å². The van der Waals surface area contributed by atoms with Gasteiger partial charge in [0.25, 0.3) is 0 Å². The van der Waals surface area contributed by atoms with E-state index in [1.54, 1.807) is 0 Å². The summed E-state index contributed by atoms with van der Waals surface area (Å²) in [7, 11) is 0. The minimum absolute atomic E-state index is 1.11. The van der Waals surface area contributed by atoms with E-state index in [-0.39, 0.29) is 0 Å². The average Bonchev–Trinajstić information content (AvgIpc) is 2.17. The predicted molar refractivity (Wildman–Crippen MR) is 65.4 cm³/mol. The molecule has 0 saturated carbocycles. The van der Waals surface area contributed by atoms with E-state index in [1.807, 2.05) is 13.8 Å². The number of unbranched alkanes of at least 4 members (excludes halogenated alkanes) is 2. The normalized spacial score (nSPS) is 7.85. The van der Waals surface area contributed by atoms with Crippen LogP contribution in [0.1, 0.15) is 67.2 Å². The first-order valence-electron chi connectivity index (χ1n) is 6.04. The third kappa shape index (κ3) is 48.2. The largest absolute Gasteiger partial charge is 0.317 e. The second-order valence-corrected chi connectivity index (χ2v) is 2.77. The highest BCUT2D eigenvalue weighted by atomic mass is 14.8. The summed E-state index contributed by atoms with van der Waals surface area (Å²) in [6.45, 7) is 14.9. The Morgan fingerprint density at radius 2 is 1.31 bits per heavy atom. The molecule has 0 aliphatic heterocycles. The van der Waals surface area contributed by atoms with Gasteiger partial charge in [-0.15, -0.1) is 0 Å². The Kier molecular flexibility index (Phi) is 42.6. The molecular weight excluding hydrogens is 158 g/mol. The lowest BCUT2D eigenvalue weighted by atomic mass is 10.2. The first kappa shape index (κ1) is 18.7. The molecule has 13 heavy (non-hydrogen) atoms. The molecule has 0 rings (SSSR count). The number of hydrogen-bond donors (Lipinski definition) is 1. The van der Waals surface area contributed by atoms with Gasteiger partial charge >= 0.3 is 0 Å². The Balaban J connectivity index is -0.000000169. The molecule has 0 bridgehead atoms. The van der Waals surface area contributed by atoms with Crippen LogP contribution in [0.5, 0.6) is 0 Å². The molecule has 0 heterocycles. The Bertz CT molecular complexity index is 38.4. The lowest BCUT2D eigenvalue weighted by Gasteiger charge is -1.97. The maximum atomic E-state index is 3.28. The number of hydrogen-bond acceptors (Lipinski definition) is 1. The van der Waals surface area contributed by atoms with Gasteiger partial charge in [0, 0.05) is 0 Å². The summed E-state index contributed by atoms with van der Waals surface area (Å²) < 4.78 is 0. The molecule has 1 heteroatoms. The summed E-state index contributed by atoms with van der Waals surface area (Å²) >= 11 is 0. The van der Waals surface area contributed by atoms with Crippen LogP contribution in [0.4, 0.5) is 0 Å². The highest BCUT2D eigenvalue weighted by Crippen LogP contribution is 1.89. The SMILES string of the molecule is CC.CCC.CCCCCNCC. The fourth-order valence-electron chi connectivity index (χ4n) is 0.677. The van der Waals surface area contributed by atoms with Gasteiger partial charge in [0.2, 0.25) is 0 Å². The smallest absolute Gasteiger partial charge is 0.00490 e. The lowest BCUT2D eigenvalue weighted by Crippen LogP contribution is -2.13. The zero-order valence-corrected chi connectivity index (χ0v) is 10.7. The van der Waals surface area contributed by atoms with Crippen LogP contribution in [-0.4, -0.2) is 13.1 Å². The van der Waals surface area contributed by atoms with Gasteiger partial charge in [-0.2, -0.15) is 0 Å². The highest BCUT2D eigenvalue weighted by molar-refractivity contribution is 4.42. The quantitative estimate of drug-likeness (QED) is 0.638. The van der Waals surface area contributed by atoms with Crippen LogP contribution in [0.15, 0.2) is 0 Å². The van der Waals surface area contributed by atoms with Crippen molar-refractivity contribution in [1.29, 1.82) is 0 Å². The van der Waals surface area contributed by atoms with Crippen LogP contribution < -0.4 is 5.32 Å². The molecule has 0 aromatic rings. The van der Waals surface area contributed by atoms with Crippen LogP contribution in [0.2, 0.25) is 0 Å². The van der Waals surface area contributed by atoms with E-state index in [9.17, 15) is 0 Å². The maximum Gasteiger partial charge on any atom is -0.00490 e. The van der Waals surface area contributed by atoms with Gasteiger partial charge in [-0.05, 0) is 19.5 Å². The Hall–Kier alpha value is -0.0400. The molecule has 0 atom stereocenters. The predicted octanol–water partition coefficient (Wildman–Crippen LogP) is 4.23. The average molecular weight is 189 g/mol. The lowest BCUT2D eigenvalue weighted by molar-refractivity contribution is 0.633. The molecule has 0 radical (unpaired) electrons. The van der Waals surface area contributed by atoms with Crippen molar-refractivity contribution in [3.8, 4) is 0 Å². The molecule has 0 aliphatic rings. The van der Waals surface area contributed by atoms with E-state index in [4.69, 9.17) is 0 Å². The molecule has 0 aliphatic carbocycles. The van der Waals surface area contributed by atoms with E-state index in [2.05, 4.69) is 33.0 Å². The van der Waals surface area contributed by atoms with Crippen LogP contribution in [0.3, 0.4) is 0 Å². The standard InChI is InChI=1S/C7H17N.C3H8.C2H6/c1-3-5-6-7-8-4-2;1-3-2;1-2/h8H,3-7H2,1-2H3;3H2,1-2H3;1-2H3. The Labute approximate surface area is 86.3 Å². The molecule has 0 spiro atoms. The molecule has 1 N–H and O–H groups in total. The topological polar surface area (TPSA) is 12.0 Å². The van der Waals surface area contributed by atoms with E-state index >= 15 is 0 Å². The fraction of sp³-hybridized carbons (Fsp3) is 1.00. The first-order chi connectivity index (χ1) is 6.33. The zero-order chi connectivity index (χ0) is 10.9. The molecule has 0 saturated heterocycles. The Morgan fingerprint density at radius 1 is 0.846 bits per heavy atom. The fourth-order valence-corrected chi connectivity index (χ4v) is 0.677. The second-order valence-electron chi connectivity index (χ2n) is 2.77. The Morgan fingerprint density at radius 3 is 1.62 bits per heavy atom. The van der Waals surface area contributed by atoms with Gasteiger partial charge in [0.15, 0.2) is 0 Å². The summed E-state index contributed by atoms with van der Waals surface area (Å²) in [5.74, 6) is 0. The first-order valence-corrected chi connectivity index (χ1v) is 6.04. The third-order valence-corrected chi connectivity index (χ3v) is 1.21. The van der Waals surface area contributed by atoms with E-state index in [1.165, 1.54) is 32.2 Å². The maximum absolute atomic E-state index is 3.28. The monoisotopic (exact) mass is 189 g/mol. The van der Waals surface area contributed by atoms with Gasteiger partial charge in [-0.3, -0.25) is 0 Å².